The number of ketones is 1. The lowest BCUT2D eigenvalue weighted by molar-refractivity contribution is -0.129. The van der Waals surface area contributed by atoms with Gasteiger partial charge in [-0.25, -0.2) is 9.78 Å². The normalized spacial score (nSPS) is 19.6. The van der Waals surface area contributed by atoms with Crippen LogP contribution >= 0.6 is 11.8 Å². The van der Waals surface area contributed by atoms with Crippen LogP contribution in [0.25, 0.3) is 0 Å². The van der Waals surface area contributed by atoms with Gasteiger partial charge in [0.05, 0.1) is 5.56 Å². The molecule has 0 bridgehead atoms. The number of esters is 1. The first-order valence-corrected chi connectivity index (χ1v) is 7.17. The van der Waals surface area contributed by atoms with Gasteiger partial charge in [0.1, 0.15) is 5.03 Å². The maximum Gasteiger partial charge on any atom is 0.341 e. The quantitative estimate of drug-likeness (QED) is 0.620. The van der Waals surface area contributed by atoms with E-state index in [2.05, 4.69) is 4.98 Å². The highest BCUT2D eigenvalue weighted by molar-refractivity contribution is 7.98. The monoisotopic (exact) mass is 265 g/mol. The number of Topliss-reactive ketones (excluding diaryl/α,β-unsaturated/α-hetero) is 1. The lowest BCUT2D eigenvalue weighted by atomic mass is 9.96. The second kappa shape index (κ2) is 6.00. The highest BCUT2D eigenvalue weighted by Crippen LogP contribution is 2.22. The zero-order valence-electron chi connectivity index (χ0n) is 10.2. The van der Waals surface area contributed by atoms with E-state index in [-0.39, 0.29) is 5.78 Å². The summed E-state index contributed by atoms with van der Waals surface area (Å²) in [7, 11) is 0. The van der Waals surface area contributed by atoms with Crippen molar-refractivity contribution < 1.29 is 14.3 Å². The molecule has 5 heteroatoms. The zero-order valence-corrected chi connectivity index (χ0v) is 11.0. The lowest BCUT2D eigenvalue weighted by Crippen LogP contribution is -2.30. The van der Waals surface area contributed by atoms with Crippen molar-refractivity contribution >= 4 is 23.5 Å². The van der Waals surface area contributed by atoms with Crippen molar-refractivity contribution in [1.82, 2.24) is 4.98 Å². The minimum atomic E-state index is -0.568. The summed E-state index contributed by atoms with van der Waals surface area (Å²) >= 11 is 1.39. The lowest BCUT2D eigenvalue weighted by Gasteiger charge is -2.20. The molecule has 0 aliphatic heterocycles. The summed E-state index contributed by atoms with van der Waals surface area (Å²) < 4.78 is 5.29. The molecule has 1 atom stereocenters. The van der Waals surface area contributed by atoms with Crippen LogP contribution in [-0.4, -0.2) is 29.1 Å². The van der Waals surface area contributed by atoms with E-state index in [4.69, 9.17) is 4.74 Å². The van der Waals surface area contributed by atoms with E-state index in [9.17, 15) is 9.59 Å². The van der Waals surface area contributed by atoms with E-state index >= 15 is 0 Å². The topological polar surface area (TPSA) is 56.3 Å². The molecule has 0 spiro atoms. The van der Waals surface area contributed by atoms with E-state index in [0.717, 1.165) is 12.8 Å². The number of pyridine rings is 1. The minimum absolute atomic E-state index is 0.0317. The van der Waals surface area contributed by atoms with Gasteiger partial charge in [-0.3, -0.25) is 4.79 Å². The van der Waals surface area contributed by atoms with Crippen LogP contribution in [0.1, 0.15) is 36.0 Å². The largest absolute Gasteiger partial charge is 0.451 e. The highest BCUT2D eigenvalue weighted by atomic mass is 32.2. The number of thioether (sulfide) groups is 1. The molecule has 1 aromatic rings. The third kappa shape index (κ3) is 2.90. The number of hydrogen-bond acceptors (Lipinski definition) is 5. The van der Waals surface area contributed by atoms with Gasteiger partial charge in [-0.2, -0.15) is 0 Å². The van der Waals surface area contributed by atoms with Crippen molar-refractivity contribution in [3.63, 3.8) is 0 Å². The van der Waals surface area contributed by atoms with E-state index < -0.39 is 12.1 Å². The molecule has 4 nitrogen and oxygen atoms in total. The van der Waals surface area contributed by atoms with Crippen LogP contribution in [0.3, 0.4) is 0 Å². The fourth-order valence-corrected chi connectivity index (χ4v) is 2.51. The van der Waals surface area contributed by atoms with Gasteiger partial charge in [-0.15, -0.1) is 11.8 Å². The molecule has 1 aliphatic rings. The number of rotatable bonds is 3. The van der Waals surface area contributed by atoms with Gasteiger partial charge < -0.3 is 4.74 Å². The van der Waals surface area contributed by atoms with Crippen LogP contribution in [0.4, 0.5) is 0 Å². The molecule has 96 valence electrons. The molecule has 1 heterocycles. The van der Waals surface area contributed by atoms with Crippen LogP contribution in [0, 0.1) is 0 Å². The maximum atomic E-state index is 12.0. The summed E-state index contributed by atoms with van der Waals surface area (Å²) in [6.07, 6.45) is 5.90. The summed E-state index contributed by atoms with van der Waals surface area (Å²) in [6, 6.07) is 3.37. The Kier molecular flexibility index (Phi) is 4.36. The van der Waals surface area contributed by atoms with E-state index in [1.165, 1.54) is 11.8 Å². The van der Waals surface area contributed by atoms with Gasteiger partial charge in [-0.05, 0) is 37.7 Å². The zero-order chi connectivity index (χ0) is 13.0. The first kappa shape index (κ1) is 13.1. The van der Waals surface area contributed by atoms with E-state index in [1.54, 1.807) is 18.3 Å². The maximum absolute atomic E-state index is 12.0. The molecular formula is C13H15NO3S. The first-order valence-electron chi connectivity index (χ1n) is 5.95. The van der Waals surface area contributed by atoms with Gasteiger partial charge in [0, 0.05) is 12.6 Å². The van der Waals surface area contributed by atoms with Crippen LogP contribution < -0.4 is 0 Å². The Morgan fingerprint density at radius 2 is 2.33 bits per heavy atom. The molecule has 2 rings (SSSR count). The van der Waals surface area contributed by atoms with Crippen LogP contribution in [0.5, 0.6) is 0 Å². The Balaban J connectivity index is 2.09. The molecule has 0 aromatic carbocycles. The third-order valence-corrected chi connectivity index (χ3v) is 3.64. The summed E-state index contributed by atoms with van der Waals surface area (Å²) in [5.41, 5.74) is 0.434. The number of carbonyl (C=O) groups excluding carboxylic acids is 2. The molecule has 0 N–H and O–H groups in total. The average molecular weight is 265 g/mol. The predicted octanol–water partition coefficient (Wildman–Crippen LogP) is 2.47. The van der Waals surface area contributed by atoms with Gasteiger partial charge >= 0.3 is 5.97 Å². The Hall–Kier alpha value is -1.36. The van der Waals surface area contributed by atoms with Gasteiger partial charge in [-0.1, -0.05) is 0 Å². The third-order valence-electron chi connectivity index (χ3n) is 2.93. The van der Waals surface area contributed by atoms with Gasteiger partial charge in [0.15, 0.2) is 11.9 Å². The molecule has 0 saturated heterocycles. The fourth-order valence-electron chi connectivity index (χ4n) is 1.98. The molecular weight excluding hydrogens is 250 g/mol. The fraction of sp³-hybridized carbons (Fsp3) is 0.462. The smallest absolute Gasteiger partial charge is 0.341 e. The number of hydrogen-bond donors (Lipinski definition) is 0. The predicted molar refractivity (Wildman–Crippen MR) is 68.7 cm³/mol. The molecule has 1 aliphatic carbocycles. The van der Waals surface area contributed by atoms with Crippen LogP contribution in [0.2, 0.25) is 0 Å². The van der Waals surface area contributed by atoms with Crippen molar-refractivity contribution in [1.29, 1.82) is 0 Å². The average Bonchev–Trinajstić information content (AvgIpc) is 2.41. The van der Waals surface area contributed by atoms with Gasteiger partial charge in [0.2, 0.25) is 0 Å². The van der Waals surface area contributed by atoms with E-state index in [1.807, 2.05) is 6.26 Å². The van der Waals surface area contributed by atoms with Crippen molar-refractivity contribution in [3.05, 3.63) is 23.9 Å². The molecule has 1 aromatic heterocycles. The van der Waals surface area contributed by atoms with Crippen molar-refractivity contribution in [2.24, 2.45) is 0 Å². The number of nitrogens with zero attached hydrogens (tertiary/aromatic N) is 1. The second-order valence-electron chi connectivity index (χ2n) is 4.17. The van der Waals surface area contributed by atoms with Crippen LogP contribution in [-0.2, 0) is 9.53 Å². The number of aromatic nitrogens is 1. The van der Waals surface area contributed by atoms with Crippen molar-refractivity contribution in [2.75, 3.05) is 6.26 Å². The molecule has 1 fully saturated rings. The molecule has 0 radical (unpaired) electrons. The minimum Gasteiger partial charge on any atom is -0.451 e. The van der Waals surface area contributed by atoms with Crippen molar-refractivity contribution in [2.45, 2.75) is 36.8 Å². The molecule has 1 saturated carbocycles. The Morgan fingerprint density at radius 1 is 1.50 bits per heavy atom. The summed E-state index contributed by atoms with van der Waals surface area (Å²) in [6.45, 7) is 0. The van der Waals surface area contributed by atoms with Crippen LogP contribution in [0.15, 0.2) is 23.4 Å². The summed E-state index contributed by atoms with van der Waals surface area (Å²) in [4.78, 5) is 27.7. The molecule has 18 heavy (non-hydrogen) atoms. The second-order valence-corrected chi connectivity index (χ2v) is 4.96. The first-order chi connectivity index (χ1) is 8.72. The highest BCUT2D eigenvalue weighted by Gasteiger charge is 2.27. The van der Waals surface area contributed by atoms with Gasteiger partial charge in [0.25, 0.3) is 0 Å². The Labute approximate surface area is 110 Å². The summed E-state index contributed by atoms with van der Waals surface area (Å²) in [5.74, 6) is -0.420. The number of ether oxygens (including phenoxy) is 1. The molecule has 0 unspecified atom stereocenters. The standard InChI is InChI=1S/C13H15NO3S/c1-18-12-9(5-4-8-14-12)13(16)17-11-7-3-2-6-10(11)15/h4-5,8,11H,2-3,6-7H2,1H3/t11-/m0/s1. The summed E-state index contributed by atoms with van der Waals surface area (Å²) in [5, 5.41) is 0.630. The SMILES string of the molecule is CSc1ncccc1C(=O)O[C@H]1CCCCC1=O. The Morgan fingerprint density at radius 3 is 3.06 bits per heavy atom. The Bertz CT molecular complexity index is 461. The van der Waals surface area contributed by atoms with E-state index in [0.29, 0.717) is 23.4 Å². The molecule has 0 amide bonds. The number of carbonyl (C=O) groups is 2. The van der Waals surface area contributed by atoms with Crippen molar-refractivity contribution in [3.8, 4) is 0 Å².